The van der Waals surface area contributed by atoms with Gasteiger partial charge in [0.2, 0.25) is 0 Å². The van der Waals surface area contributed by atoms with Crippen molar-refractivity contribution >= 4 is 5.82 Å². The number of rotatable bonds is 9. The summed E-state index contributed by atoms with van der Waals surface area (Å²) in [6, 6.07) is 12.7. The molecule has 0 bridgehead atoms. The Morgan fingerprint density at radius 3 is 2.55 bits per heavy atom. The fourth-order valence-electron chi connectivity index (χ4n) is 2.41. The molecule has 0 saturated carbocycles. The van der Waals surface area contributed by atoms with Gasteiger partial charge in [0, 0.05) is 12.7 Å². The summed E-state index contributed by atoms with van der Waals surface area (Å²) in [5.41, 5.74) is 2.72. The van der Waals surface area contributed by atoms with Gasteiger partial charge in [0.25, 0.3) is 0 Å². The highest BCUT2D eigenvalue weighted by atomic mass is 15.0. The zero-order valence-corrected chi connectivity index (χ0v) is 12.5. The van der Waals surface area contributed by atoms with Gasteiger partial charge in [-0.2, -0.15) is 0 Å². The van der Waals surface area contributed by atoms with Crippen molar-refractivity contribution in [1.82, 2.24) is 4.98 Å². The Morgan fingerprint density at radius 1 is 0.950 bits per heavy atom. The van der Waals surface area contributed by atoms with E-state index in [0.717, 1.165) is 12.4 Å². The number of H-pyrrole nitrogens is 1. The van der Waals surface area contributed by atoms with Gasteiger partial charge in [-0.15, -0.1) is 0 Å². The lowest BCUT2D eigenvalue weighted by molar-refractivity contribution is 0.632. The van der Waals surface area contributed by atoms with Gasteiger partial charge in [-0.3, -0.25) is 0 Å². The molecule has 0 atom stereocenters. The lowest BCUT2D eigenvalue weighted by Crippen LogP contribution is -1.98. The van der Waals surface area contributed by atoms with Gasteiger partial charge < -0.3 is 10.3 Å². The minimum absolute atomic E-state index is 0.872. The van der Waals surface area contributed by atoms with Crippen LogP contribution < -0.4 is 5.32 Å². The van der Waals surface area contributed by atoms with Crippen molar-refractivity contribution in [2.24, 2.45) is 0 Å². The highest BCUT2D eigenvalue weighted by molar-refractivity contribution is 5.39. The molecule has 2 rings (SSSR count). The second-order valence-corrected chi connectivity index (χ2v) is 5.42. The van der Waals surface area contributed by atoms with Gasteiger partial charge in [0.05, 0.1) is 0 Å². The molecule has 108 valence electrons. The Bertz CT molecular complexity index is 473. The quantitative estimate of drug-likeness (QED) is 0.607. The van der Waals surface area contributed by atoms with Crippen LogP contribution in [-0.4, -0.2) is 4.98 Å². The molecule has 0 aliphatic rings. The molecule has 0 aliphatic heterocycles. The molecule has 2 heteroatoms. The third-order valence-electron chi connectivity index (χ3n) is 3.64. The second-order valence-electron chi connectivity index (χ2n) is 5.42. The molecule has 0 spiro atoms. The zero-order chi connectivity index (χ0) is 14.0. The maximum Gasteiger partial charge on any atom is 0.103 e. The molecule has 2 aromatic rings. The van der Waals surface area contributed by atoms with Crippen LogP contribution in [-0.2, 0) is 13.0 Å². The molecule has 0 amide bonds. The number of aromatic amines is 1. The fraction of sp³-hybridized carbons (Fsp3) is 0.444. The van der Waals surface area contributed by atoms with E-state index in [2.05, 4.69) is 59.8 Å². The first-order valence-corrected chi connectivity index (χ1v) is 7.83. The summed E-state index contributed by atoms with van der Waals surface area (Å²) < 4.78 is 0. The second kappa shape index (κ2) is 8.47. The molecule has 20 heavy (non-hydrogen) atoms. The molecule has 1 aromatic heterocycles. The first-order valence-electron chi connectivity index (χ1n) is 7.83. The molecule has 0 unspecified atom stereocenters. The number of hydrogen-bond acceptors (Lipinski definition) is 1. The molecule has 0 aliphatic carbocycles. The average molecular weight is 270 g/mol. The molecule has 2 N–H and O–H groups in total. The first-order chi connectivity index (χ1) is 9.88. The Morgan fingerprint density at radius 2 is 1.75 bits per heavy atom. The van der Waals surface area contributed by atoms with Crippen LogP contribution in [0.2, 0.25) is 0 Å². The van der Waals surface area contributed by atoms with Crippen LogP contribution in [0.1, 0.15) is 50.2 Å². The Kier molecular flexibility index (Phi) is 6.22. The van der Waals surface area contributed by atoms with Crippen molar-refractivity contribution < 1.29 is 0 Å². The van der Waals surface area contributed by atoms with E-state index in [-0.39, 0.29) is 0 Å². The first kappa shape index (κ1) is 14.7. The average Bonchev–Trinajstić information content (AvgIpc) is 2.94. The van der Waals surface area contributed by atoms with Crippen LogP contribution in [0, 0.1) is 0 Å². The van der Waals surface area contributed by atoms with E-state index in [4.69, 9.17) is 0 Å². The van der Waals surface area contributed by atoms with E-state index in [1.54, 1.807) is 0 Å². The molecular weight excluding hydrogens is 244 g/mol. The van der Waals surface area contributed by atoms with E-state index in [1.165, 1.54) is 49.7 Å². The van der Waals surface area contributed by atoms with Gasteiger partial charge in [-0.25, -0.2) is 0 Å². The summed E-state index contributed by atoms with van der Waals surface area (Å²) in [7, 11) is 0. The van der Waals surface area contributed by atoms with Crippen molar-refractivity contribution in [3.05, 3.63) is 53.7 Å². The van der Waals surface area contributed by atoms with Crippen LogP contribution in [0.25, 0.3) is 0 Å². The van der Waals surface area contributed by atoms with Crippen LogP contribution in [0.15, 0.2) is 42.6 Å². The number of aromatic nitrogens is 1. The maximum absolute atomic E-state index is 3.44. The smallest absolute Gasteiger partial charge is 0.103 e. The predicted molar refractivity (Wildman–Crippen MR) is 87.0 cm³/mol. The number of aryl methyl sites for hydroxylation is 1. The van der Waals surface area contributed by atoms with Gasteiger partial charge in [-0.05, 0) is 30.0 Å². The van der Waals surface area contributed by atoms with Gasteiger partial charge in [0.15, 0.2) is 0 Å². The van der Waals surface area contributed by atoms with Crippen molar-refractivity contribution in [2.75, 3.05) is 5.32 Å². The highest BCUT2D eigenvalue weighted by Crippen LogP contribution is 2.14. The zero-order valence-electron chi connectivity index (χ0n) is 12.5. The molecule has 0 radical (unpaired) electrons. The number of benzene rings is 1. The van der Waals surface area contributed by atoms with Crippen molar-refractivity contribution in [3.63, 3.8) is 0 Å². The summed E-state index contributed by atoms with van der Waals surface area (Å²) in [6.07, 6.45) is 10.0. The SMILES string of the molecule is CCCCCCCc1c[nH]c(NCc2ccccc2)c1. The monoisotopic (exact) mass is 270 g/mol. The van der Waals surface area contributed by atoms with Crippen molar-refractivity contribution in [1.29, 1.82) is 0 Å². The fourth-order valence-corrected chi connectivity index (χ4v) is 2.41. The number of nitrogens with one attached hydrogen (secondary N) is 2. The largest absolute Gasteiger partial charge is 0.368 e. The Labute approximate surface area is 122 Å². The van der Waals surface area contributed by atoms with Crippen LogP contribution in [0.3, 0.4) is 0 Å². The number of hydrogen-bond donors (Lipinski definition) is 2. The van der Waals surface area contributed by atoms with Gasteiger partial charge in [0.1, 0.15) is 5.82 Å². The standard InChI is InChI=1S/C18H26N2/c1-2-3-4-5-7-12-17-13-18(20-15-17)19-14-16-10-8-6-9-11-16/h6,8-11,13,15,19-20H,2-5,7,12,14H2,1H3. The van der Waals surface area contributed by atoms with E-state index in [9.17, 15) is 0 Å². The minimum atomic E-state index is 0.872. The minimum Gasteiger partial charge on any atom is -0.368 e. The summed E-state index contributed by atoms with van der Waals surface area (Å²) in [4.78, 5) is 3.32. The summed E-state index contributed by atoms with van der Waals surface area (Å²) >= 11 is 0. The molecule has 1 heterocycles. The highest BCUT2D eigenvalue weighted by Gasteiger charge is 1.99. The topological polar surface area (TPSA) is 27.8 Å². The van der Waals surface area contributed by atoms with Crippen LogP contribution in [0.5, 0.6) is 0 Å². The third-order valence-corrected chi connectivity index (χ3v) is 3.64. The maximum atomic E-state index is 3.44. The van der Waals surface area contributed by atoms with Crippen LogP contribution in [0.4, 0.5) is 5.82 Å². The Balaban J connectivity index is 1.69. The number of unbranched alkanes of at least 4 members (excludes halogenated alkanes) is 4. The summed E-state index contributed by atoms with van der Waals surface area (Å²) in [5.74, 6) is 1.12. The molecule has 1 aromatic carbocycles. The third kappa shape index (κ3) is 5.12. The molecule has 0 fully saturated rings. The van der Waals surface area contributed by atoms with Crippen molar-refractivity contribution in [2.45, 2.75) is 52.0 Å². The molecular formula is C18H26N2. The summed E-state index contributed by atoms with van der Waals surface area (Å²) in [5, 5.41) is 3.44. The van der Waals surface area contributed by atoms with Gasteiger partial charge in [-0.1, -0.05) is 62.9 Å². The Hall–Kier alpha value is -1.70. The van der Waals surface area contributed by atoms with E-state index < -0.39 is 0 Å². The molecule has 2 nitrogen and oxygen atoms in total. The normalized spacial score (nSPS) is 10.7. The van der Waals surface area contributed by atoms with Crippen molar-refractivity contribution in [3.8, 4) is 0 Å². The van der Waals surface area contributed by atoms with E-state index in [1.807, 2.05) is 0 Å². The lowest BCUT2D eigenvalue weighted by Gasteiger charge is -2.03. The lowest BCUT2D eigenvalue weighted by atomic mass is 10.1. The van der Waals surface area contributed by atoms with E-state index in [0.29, 0.717) is 0 Å². The summed E-state index contributed by atoms with van der Waals surface area (Å²) in [6.45, 7) is 3.13. The predicted octanol–water partition coefficient (Wildman–Crippen LogP) is 5.14. The van der Waals surface area contributed by atoms with E-state index >= 15 is 0 Å². The van der Waals surface area contributed by atoms with Gasteiger partial charge >= 0.3 is 0 Å². The number of anilines is 1. The van der Waals surface area contributed by atoms with Crippen LogP contribution >= 0.6 is 0 Å². The molecule has 0 saturated heterocycles.